The van der Waals surface area contributed by atoms with Gasteiger partial charge in [0, 0.05) is 31.7 Å². The Morgan fingerprint density at radius 1 is 1.31 bits per heavy atom. The summed E-state index contributed by atoms with van der Waals surface area (Å²) in [5.74, 6) is -0.475. The lowest BCUT2D eigenvalue weighted by Crippen LogP contribution is -2.47. The number of halogens is 1. The number of hydrogen-bond donors (Lipinski definition) is 2. The van der Waals surface area contributed by atoms with Gasteiger partial charge in [-0.15, -0.1) is 0 Å². The zero-order valence-corrected chi connectivity index (χ0v) is 17.8. The molecule has 0 radical (unpaired) electrons. The fourth-order valence-corrected chi connectivity index (χ4v) is 3.26. The van der Waals surface area contributed by atoms with E-state index in [2.05, 4.69) is 10.6 Å². The number of nitrogens with zero attached hydrogens (tertiary/aromatic N) is 2. The molecule has 29 heavy (non-hydrogen) atoms. The fourth-order valence-electron chi connectivity index (χ4n) is 3.01. The SMILES string of the molecule is CCNc1cc(Cl)c(C(=O)NC2CCN(C(=O)OC(C)(C)C)CC2)cc1[N+](=O)[O-]. The van der Waals surface area contributed by atoms with Gasteiger partial charge < -0.3 is 20.3 Å². The van der Waals surface area contributed by atoms with Gasteiger partial charge in [-0.25, -0.2) is 4.79 Å². The van der Waals surface area contributed by atoms with Crippen LogP contribution in [0.3, 0.4) is 0 Å². The van der Waals surface area contributed by atoms with E-state index in [4.69, 9.17) is 16.3 Å². The summed E-state index contributed by atoms with van der Waals surface area (Å²) >= 11 is 6.19. The highest BCUT2D eigenvalue weighted by atomic mass is 35.5. The normalized spacial score (nSPS) is 15.0. The Hall–Kier alpha value is -2.55. The van der Waals surface area contributed by atoms with Crippen molar-refractivity contribution >= 4 is 35.0 Å². The number of carbonyl (C=O) groups excluding carboxylic acids is 2. The molecule has 1 saturated heterocycles. The van der Waals surface area contributed by atoms with Crippen LogP contribution in [0.4, 0.5) is 16.2 Å². The number of rotatable bonds is 5. The van der Waals surface area contributed by atoms with E-state index in [1.165, 1.54) is 12.1 Å². The zero-order valence-electron chi connectivity index (χ0n) is 17.1. The highest BCUT2D eigenvalue weighted by Crippen LogP contribution is 2.31. The van der Waals surface area contributed by atoms with Gasteiger partial charge in [0.15, 0.2) is 0 Å². The predicted octanol–water partition coefficient (Wildman–Crippen LogP) is 3.81. The molecule has 0 bridgehead atoms. The summed E-state index contributed by atoms with van der Waals surface area (Å²) in [5.41, 5.74) is -0.452. The topological polar surface area (TPSA) is 114 Å². The van der Waals surface area contributed by atoms with Crippen molar-refractivity contribution in [3.8, 4) is 0 Å². The molecule has 160 valence electrons. The number of nitro benzene ring substituents is 1. The first-order valence-corrected chi connectivity index (χ1v) is 9.90. The molecule has 10 heteroatoms. The third-order valence-electron chi connectivity index (χ3n) is 4.38. The van der Waals surface area contributed by atoms with Crippen LogP contribution in [0.5, 0.6) is 0 Å². The Balaban J connectivity index is 2.02. The number of amides is 2. The standard InChI is InChI=1S/C19H27ClN4O5/c1-5-21-15-11-14(20)13(10-16(15)24(27)28)17(25)22-12-6-8-23(9-7-12)18(26)29-19(2,3)4/h10-12,21H,5-9H2,1-4H3,(H,22,25). The number of likely N-dealkylation sites (tertiary alicyclic amines) is 1. The fraction of sp³-hybridized carbons (Fsp3) is 0.579. The maximum absolute atomic E-state index is 12.6. The first-order chi connectivity index (χ1) is 13.5. The minimum absolute atomic E-state index is 0.0505. The summed E-state index contributed by atoms with van der Waals surface area (Å²) in [6.07, 6.45) is 0.736. The molecule has 0 unspecified atom stereocenters. The maximum atomic E-state index is 12.6. The number of benzene rings is 1. The van der Waals surface area contributed by atoms with Crippen molar-refractivity contribution in [1.82, 2.24) is 10.2 Å². The summed E-state index contributed by atoms with van der Waals surface area (Å²) in [4.78, 5) is 37.1. The molecule has 1 fully saturated rings. The molecule has 0 spiro atoms. The van der Waals surface area contributed by atoms with E-state index in [0.29, 0.717) is 32.5 Å². The van der Waals surface area contributed by atoms with Crippen LogP contribution in [0.2, 0.25) is 5.02 Å². The second-order valence-electron chi connectivity index (χ2n) is 7.85. The van der Waals surface area contributed by atoms with Crippen molar-refractivity contribution in [1.29, 1.82) is 0 Å². The van der Waals surface area contributed by atoms with E-state index in [0.717, 1.165) is 0 Å². The monoisotopic (exact) mass is 426 g/mol. The molecular weight excluding hydrogens is 400 g/mol. The number of hydrogen-bond acceptors (Lipinski definition) is 6. The summed E-state index contributed by atoms with van der Waals surface area (Å²) in [7, 11) is 0. The Morgan fingerprint density at radius 2 is 1.93 bits per heavy atom. The van der Waals surface area contributed by atoms with Crippen LogP contribution in [0.15, 0.2) is 12.1 Å². The van der Waals surface area contributed by atoms with E-state index in [-0.39, 0.29) is 34.1 Å². The predicted molar refractivity (Wildman–Crippen MR) is 111 cm³/mol. The van der Waals surface area contributed by atoms with E-state index >= 15 is 0 Å². The van der Waals surface area contributed by atoms with Crippen LogP contribution in [-0.2, 0) is 4.74 Å². The van der Waals surface area contributed by atoms with Crippen LogP contribution in [0, 0.1) is 10.1 Å². The molecule has 2 N–H and O–H groups in total. The molecule has 0 aromatic heterocycles. The number of ether oxygens (including phenoxy) is 1. The first kappa shape index (κ1) is 22.7. The molecule has 2 rings (SSSR count). The number of nitrogens with one attached hydrogen (secondary N) is 2. The highest BCUT2D eigenvalue weighted by molar-refractivity contribution is 6.34. The van der Waals surface area contributed by atoms with Crippen molar-refractivity contribution in [2.45, 2.75) is 52.2 Å². The second-order valence-corrected chi connectivity index (χ2v) is 8.26. The smallest absolute Gasteiger partial charge is 0.410 e. The average Bonchev–Trinajstić information content (AvgIpc) is 2.60. The molecule has 1 aliphatic rings. The molecule has 0 aliphatic carbocycles. The van der Waals surface area contributed by atoms with Gasteiger partial charge >= 0.3 is 6.09 Å². The molecule has 0 saturated carbocycles. The summed E-state index contributed by atoms with van der Waals surface area (Å²) < 4.78 is 5.36. The second kappa shape index (κ2) is 9.30. The Labute approximate surface area is 174 Å². The molecular formula is C19H27ClN4O5. The number of piperidine rings is 1. The average molecular weight is 427 g/mol. The minimum atomic E-state index is -0.563. The first-order valence-electron chi connectivity index (χ1n) is 9.52. The molecule has 9 nitrogen and oxygen atoms in total. The largest absolute Gasteiger partial charge is 0.444 e. The lowest BCUT2D eigenvalue weighted by Gasteiger charge is -2.33. The number of nitro groups is 1. The van der Waals surface area contributed by atoms with E-state index < -0.39 is 16.4 Å². The van der Waals surface area contributed by atoms with Gasteiger partial charge in [0.1, 0.15) is 11.3 Å². The zero-order chi connectivity index (χ0) is 21.8. The summed E-state index contributed by atoms with van der Waals surface area (Å²) in [6.45, 7) is 8.62. The van der Waals surface area contributed by atoms with Crippen LogP contribution >= 0.6 is 11.6 Å². The Bertz CT molecular complexity index is 786. The van der Waals surface area contributed by atoms with Gasteiger partial charge in [-0.3, -0.25) is 14.9 Å². The van der Waals surface area contributed by atoms with Gasteiger partial charge in [0.2, 0.25) is 0 Å². The third-order valence-corrected chi connectivity index (χ3v) is 4.69. The molecule has 1 aromatic rings. The molecule has 1 aliphatic heterocycles. The van der Waals surface area contributed by atoms with E-state index in [1.54, 1.807) is 4.90 Å². The maximum Gasteiger partial charge on any atom is 0.410 e. The van der Waals surface area contributed by atoms with Crippen LogP contribution in [0.25, 0.3) is 0 Å². The van der Waals surface area contributed by atoms with Crippen molar-refractivity contribution in [2.75, 3.05) is 25.0 Å². The molecule has 1 aromatic carbocycles. The lowest BCUT2D eigenvalue weighted by molar-refractivity contribution is -0.384. The van der Waals surface area contributed by atoms with Gasteiger partial charge in [-0.1, -0.05) is 11.6 Å². The Morgan fingerprint density at radius 3 is 2.45 bits per heavy atom. The molecule has 0 atom stereocenters. The lowest BCUT2D eigenvalue weighted by atomic mass is 10.0. The van der Waals surface area contributed by atoms with E-state index in [9.17, 15) is 19.7 Å². The van der Waals surface area contributed by atoms with Crippen LogP contribution in [0.1, 0.15) is 50.9 Å². The van der Waals surface area contributed by atoms with Gasteiger partial charge in [0.25, 0.3) is 11.6 Å². The molecule has 1 heterocycles. The molecule has 2 amide bonds. The van der Waals surface area contributed by atoms with Crippen molar-refractivity contribution in [3.63, 3.8) is 0 Å². The quantitative estimate of drug-likeness (QED) is 0.546. The van der Waals surface area contributed by atoms with Crippen molar-refractivity contribution in [2.24, 2.45) is 0 Å². The van der Waals surface area contributed by atoms with Gasteiger partial charge in [-0.05, 0) is 46.6 Å². The summed E-state index contributed by atoms with van der Waals surface area (Å²) in [6, 6.07) is 2.42. The van der Waals surface area contributed by atoms with Gasteiger partial charge in [0.05, 0.1) is 15.5 Å². The van der Waals surface area contributed by atoms with Crippen LogP contribution < -0.4 is 10.6 Å². The Kier molecular flexibility index (Phi) is 7.29. The van der Waals surface area contributed by atoms with Crippen molar-refractivity contribution < 1.29 is 19.2 Å². The van der Waals surface area contributed by atoms with E-state index in [1.807, 2.05) is 27.7 Å². The number of carbonyl (C=O) groups is 2. The van der Waals surface area contributed by atoms with Crippen LogP contribution in [-0.4, -0.2) is 53.1 Å². The summed E-state index contributed by atoms with van der Waals surface area (Å²) in [5, 5.41) is 17.2. The highest BCUT2D eigenvalue weighted by Gasteiger charge is 2.28. The number of anilines is 1. The minimum Gasteiger partial charge on any atom is -0.444 e. The van der Waals surface area contributed by atoms with Gasteiger partial charge in [-0.2, -0.15) is 0 Å². The van der Waals surface area contributed by atoms with Crippen molar-refractivity contribution in [3.05, 3.63) is 32.8 Å². The third kappa shape index (κ3) is 6.22.